The Morgan fingerprint density at radius 3 is 2.53 bits per heavy atom. The van der Waals surface area contributed by atoms with Crippen LogP contribution in [-0.2, 0) is 15.5 Å². The highest BCUT2D eigenvalue weighted by atomic mass is 19.3. The van der Waals surface area contributed by atoms with Crippen LogP contribution in [0.4, 0.5) is 13.2 Å². The lowest BCUT2D eigenvalue weighted by molar-refractivity contribution is -0.173. The lowest BCUT2D eigenvalue weighted by Gasteiger charge is -2.15. The van der Waals surface area contributed by atoms with Gasteiger partial charge in [-0.3, -0.25) is 0 Å². The number of hydrogen-bond donors (Lipinski definition) is 0. The first-order valence-corrected chi connectivity index (χ1v) is 4.82. The van der Waals surface area contributed by atoms with Gasteiger partial charge in [0.1, 0.15) is 0 Å². The van der Waals surface area contributed by atoms with Crippen LogP contribution in [0.1, 0.15) is 12.5 Å². The van der Waals surface area contributed by atoms with Crippen LogP contribution >= 0.6 is 0 Å². The van der Waals surface area contributed by atoms with Crippen LogP contribution in [0.15, 0.2) is 18.2 Å². The fourth-order valence-electron chi connectivity index (χ4n) is 1.20. The fourth-order valence-corrected chi connectivity index (χ4v) is 1.20. The average Bonchev–Trinajstić information content (AvgIpc) is 2.29. The van der Waals surface area contributed by atoms with Gasteiger partial charge in [0.15, 0.2) is 11.6 Å². The van der Waals surface area contributed by atoms with Crippen LogP contribution in [0.5, 0.6) is 5.75 Å². The molecule has 0 N–H and O–H groups in total. The zero-order valence-corrected chi connectivity index (χ0v) is 9.30. The molecule has 0 atom stereocenters. The number of rotatable bonds is 4. The first-order valence-electron chi connectivity index (χ1n) is 4.82. The zero-order valence-electron chi connectivity index (χ0n) is 9.30. The molecule has 0 unspecified atom stereocenters. The van der Waals surface area contributed by atoms with Gasteiger partial charge in [-0.1, -0.05) is 0 Å². The number of esters is 1. The first-order chi connectivity index (χ1) is 7.93. The van der Waals surface area contributed by atoms with Gasteiger partial charge in [-0.15, -0.1) is 0 Å². The SMILES string of the molecule is CCOC(=O)C(F)(F)c1ccc(OC)c(F)c1. The summed E-state index contributed by atoms with van der Waals surface area (Å²) in [7, 11) is 1.21. The Bertz CT molecular complexity index is 418. The third kappa shape index (κ3) is 2.69. The van der Waals surface area contributed by atoms with Gasteiger partial charge in [0, 0.05) is 5.56 Å². The summed E-state index contributed by atoms with van der Waals surface area (Å²) in [6.07, 6.45) is 0. The number of alkyl halides is 2. The minimum absolute atomic E-state index is 0.173. The molecule has 0 spiro atoms. The van der Waals surface area contributed by atoms with Crippen LogP contribution in [0.3, 0.4) is 0 Å². The van der Waals surface area contributed by atoms with Crippen molar-refractivity contribution in [2.45, 2.75) is 12.8 Å². The van der Waals surface area contributed by atoms with Crippen LogP contribution < -0.4 is 4.74 Å². The average molecular weight is 248 g/mol. The van der Waals surface area contributed by atoms with Gasteiger partial charge in [0.05, 0.1) is 13.7 Å². The van der Waals surface area contributed by atoms with Crippen molar-refractivity contribution in [3.8, 4) is 5.75 Å². The summed E-state index contributed by atoms with van der Waals surface area (Å²) in [5.41, 5.74) is -0.769. The second-order valence-corrected chi connectivity index (χ2v) is 3.14. The van der Waals surface area contributed by atoms with Gasteiger partial charge >= 0.3 is 11.9 Å². The maximum Gasteiger partial charge on any atom is 0.381 e. The number of carbonyl (C=O) groups excluding carboxylic acids is 1. The highest BCUT2D eigenvalue weighted by Gasteiger charge is 2.43. The maximum absolute atomic E-state index is 13.5. The van der Waals surface area contributed by atoms with E-state index in [0.717, 1.165) is 12.1 Å². The Labute approximate surface area is 96.1 Å². The van der Waals surface area contributed by atoms with Crippen molar-refractivity contribution in [1.82, 2.24) is 0 Å². The molecule has 0 aliphatic carbocycles. The lowest BCUT2D eigenvalue weighted by Crippen LogP contribution is -2.28. The number of carbonyl (C=O) groups is 1. The second kappa shape index (κ2) is 5.07. The van der Waals surface area contributed by atoms with E-state index in [1.807, 2.05) is 0 Å². The largest absolute Gasteiger partial charge is 0.494 e. The molecule has 1 aromatic carbocycles. The van der Waals surface area contributed by atoms with Crippen molar-refractivity contribution in [3.63, 3.8) is 0 Å². The highest BCUT2D eigenvalue weighted by molar-refractivity contribution is 5.79. The smallest absolute Gasteiger partial charge is 0.381 e. The number of halogens is 3. The third-order valence-electron chi connectivity index (χ3n) is 2.05. The van der Waals surface area contributed by atoms with Gasteiger partial charge in [0.2, 0.25) is 0 Å². The normalized spacial score (nSPS) is 11.1. The number of benzene rings is 1. The van der Waals surface area contributed by atoms with Gasteiger partial charge < -0.3 is 9.47 Å². The number of methoxy groups -OCH3 is 1. The molecule has 3 nitrogen and oxygen atoms in total. The van der Waals surface area contributed by atoms with E-state index in [4.69, 9.17) is 0 Å². The summed E-state index contributed by atoms with van der Waals surface area (Å²) >= 11 is 0. The molecule has 94 valence electrons. The maximum atomic E-state index is 13.5. The summed E-state index contributed by atoms with van der Waals surface area (Å²) < 4.78 is 49.0. The van der Waals surface area contributed by atoms with Gasteiger partial charge in [-0.2, -0.15) is 8.78 Å². The molecule has 0 radical (unpaired) electrons. The summed E-state index contributed by atoms with van der Waals surface area (Å²) in [5, 5.41) is 0. The molecular formula is C11H11F3O3. The minimum Gasteiger partial charge on any atom is -0.494 e. The molecule has 0 saturated heterocycles. The van der Waals surface area contributed by atoms with E-state index >= 15 is 0 Å². The van der Waals surface area contributed by atoms with Crippen molar-refractivity contribution < 1.29 is 27.4 Å². The Morgan fingerprint density at radius 2 is 2.06 bits per heavy atom. The molecule has 0 aromatic heterocycles. The Hall–Kier alpha value is -1.72. The van der Waals surface area contributed by atoms with Crippen molar-refractivity contribution in [1.29, 1.82) is 0 Å². The zero-order chi connectivity index (χ0) is 13.1. The predicted octanol–water partition coefficient (Wildman–Crippen LogP) is 2.49. The van der Waals surface area contributed by atoms with Crippen molar-refractivity contribution in [2.75, 3.05) is 13.7 Å². The van der Waals surface area contributed by atoms with Crippen molar-refractivity contribution >= 4 is 5.97 Å². The standard InChI is InChI=1S/C11H11F3O3/c1-3-17-10(15)11(13,14)7-4-5-9(16-2)8(12)6-7/h4-6H,3H2,1-2H3. The van der Waals surface area contributed by atoms with E-state index < -0.39 is 23.3 Å². The number of hydrogen-bond acceptors (Lipinski definition) is 3. The molecule has 0 heterocycles. The molecule has 0 aliphatic heterocycles. The van der Waals surface area contributed by atoms with Crippen LogP contribution in [0.25, 0.3) is 0 Å². The van der Waals surface area contributed by atoms with Crippen LogP contribution in [0, 0.1) is 5.82 Å². The monoisotopic (exact) mass is 248 g/mol. The molecule has 0 aliphatic rings. The molecular weight excluding hydrogens is 237 g/mol. The van der Waals surface area contributed by atoms with E-state index in [9.17, 15) is 18.0 Å². The fraction of sp³-hybridized carbons (Fsp3) is 0.364. The third-order valence-corrected chi connectivity index (χ3v) is 2.05. The molecule has 6 heteroatoms. The lowest BCUT2D eigenvalue weighted by atomic mass is 10.1. The predicted molar refractivity (Wildman–Crippen MR) is 53.5 cm³/mol. The Morgan fingerprint density at radius 1 is 1.41 bits per heavy atom. The molecule has 0 fully saturated rings. The highest BCUT2D eigenvalue weighted by Crippen LogP contribution is 2.32. The quantitative estimate of drug-likeness (QED) is 0.768. The van der Waals surface area contributed by atoms with E-state index in [2.05, 4.69) is 9.47 Å². The van der Waals surface area contributed by atoms with Gasteiger partial charge in [0.25, 0.3) is 0 Å². The van der Waals surface area contributed by atoms with E-state index in [1.165, 1.54) is 14.0 Å². The topological polar surface area (TPSA) is 35.5 Å². The Kier molecular flexibility index (Phi) is 3.98. The van der Waals surface area contributed by atoms with E-state index in [1.54, 1.807) is 0 Å². The van der Waals surface area contributed by atoms with Crippen LogP contribution in [0.2, 0.25) is 0 Å². The minimum atomic E-state index is -3.87. The molecule has 1 aromatic rings. The summed E-state index contributed by atoms with van der Waals surface area (Å²) in [6, 6.07) is 2.49. The first kappa shape index (κ1) is 13.3. The van der Waals surface area contributed by atoms with Gasteiger partial charge in [-0.25, -0.2) is 9.18 Å². The molecule has 0 amide bonds. The van der Waals surface area contributed by atoms with Gasteiger partial charge in [-0.05, 0) is 25.1 Å². The van der Waals surface area contributed by atoms with E-state index in [-0.39, 0.29) is 12.4 Å². The van der Waals surface area contributed by atoms with Crippen molar-refractivity contribution in [2.24, 2.45) is 0 Å². The van der Waals surface area contributed by atoms with E-state index in [0.29, 0.717) is 6.07 Å². The molecule has 1 rings (SSSR count). The van der Waals surface area contributed by atoms with Crippen molar-refractivity contribution in [3.05, 3.63) is 29.6 Å². The summed E-state index contributed by atoms with van der Waals surface area (Å²) in [4.78, 5) is 11.0. The second-order valence-electron chi connectivity index (χ2n) is 3.14. The molecule has 0 saturated carbocycles. The Balaban J connectivity index is 3.07. The molecule has 17 heavy (non-hydrogen) atoms. The number of ether oxygens (including phenoxy) is 2. The summed E-state index contributed by atoms with van der Waals surface area (Å²) in [5.74, 6) is -6.71. The van der Waals surface area contributed by atoms with Crippen LogP contribution in [-0.4, -0.2) is 19.7 Å². The summed E-state index contributed by atoms with van der Waals surface area (Å²) in [6.45, 7) is 1.23. The molecule has 0 bridgehead atoms.